The van der Waals surface area contributed by atoms with Crippen LogP contribution in [0.1, 0.15) is 18.9 Å². The molecule has 4 N–H and O–H groups in total. The molecule has 19 heteroatoms. The molecule has 1 saturated heterocycles. The first-order valence-electron chi connectivity index (χ1n) is 11.8. The van der Waals surface area contributed by atoms with E-state index in [4.69, 9.17) is 22.9 Å². The summed E-state index contributed by atoms with van der Waals surface area (Å²) in [6.07, 6.45) is -5.44. The Balaban J connectivity index is 1.44. The van der Waals surface area contributed by atoms with Crippen molar-refractivity contribution in [3.63, 3.8) is 0 Å². The van der Waals surface area contributed by atoms with Crippen molar-refractivity contribution in [3.05, 3.63) is 85.4 Å². The molecule has 2 aromatic heterocycles. The number of H-pyrrole nitrogens is 1. The van der Waals surface area contributed by atoms with Gasteiger partial charge in [-0.15, -0.1) is 0 Å². The lowest BCUT2D eigenvalue weighted by Crippen LogP contribution is -2.39. The number of carbonyl (C=O) groups excluding carboxylic acids is 1. The minimum atomic E-state index is -4.43. The quantitative estimate of drug-likeness (QED) is 0.0927. The third-order valence-corrected chi connectivity index (χ3v) is 7.23. The molecule has 0 saturated carbocycles. The number of ether oxygens (including phenoxy) is 2. The average Bonchev–Trinajstić information content (AvgIpc) is 3.52. The zero-order valence-corrected chi connectivity index (χ0v) is 22.0. The Labute approximate surface area is 229 Å². The second-order valence-corrected chi connectivity index (χ2v) is 10.3. The zero-order chi connectivity index (χ0) is 29.7. The number of para-hydroxylation sites is 1. The van der Waals surface area contributed by atoms with E-state index in [-0.39, 0.29) is 11.5 Å². The maximum absolute atomic E-state index is 13.7. The lowest BCUT2D eigenvalue weighted by molar-refractivity contribution is -0.402. The third kappa shape index (κ3) is 7.31. The number of nitro groups is 1. The molecule has 0 radical (unpaired) electrons. The van der Waals surface area contributed by atoms with E-state index in [1.54, 1.807) is 18.2 Å². The van der Waals surface area contributed by atoms with Crippen molar-refractivity contribution < 1.29 is 47.4 Å². The number of aromatic amines is 1. The van der Waals surface area contributed by atoms with Gasteiger partial charge in [-0.3, -0.25) is 29.2 Å². The molecule has 2 unspecified atom stereocenters. The van der Waals surface area contributed by atoms with Gasteiger partial charge in [0.2, 0.25) is 0 Å². The first kappa shape index (κ1) is 29.8. The van der Waals surface area contributed by atoms with Crippen molar-refractivity contribution >= 4 is 19.6 Å². The molecule has 0 bridgehead atoms. The molecule has 0 spiro atoms. The second kappa shape index (κ2) is 12.5. The summed E-state index contributed by atoms with van der Waals surface area (Å²) in [5.41, 5.74) is -1.80. The van der Waals surface area contributed by atoms with Crippen LogP contribution in [0, 0.1) is 10.1 Å². The van der Waals surface area contributed by atoms with Crippen LogP contribution < -0.4 is 20.9 Å². The van der Waals surface area contributed by atoms with E-state index in [1.165, 1.54) is 25.1 Å². The smallest absolute Gasteiger partial charge is 0.456 e. The number of aromatic nitrogens is 3. The molecule has 6 atom stereocenters. The van der Waals surface area contributed by atoms with E-state index in [1.807, 2.05) is 4.98 Å². The summed E-state index contributed by atoms with van der Waals surface area (Å²) in [6, 6.07) is 8.78. The number of aliphatic hydroxyl groups excluding tert-OH is 2. The molecule has 3 heterocycles. The van der Waals surface area contributed by atoms with Crippen LogP contribution in [0.25, 0.3) is 0 Å². The number of rotatable bonds is 12. The molecule has 18 nitrogen and oxygen atoms in total. The second-order valence-electron chi connectivity index (χ2n) is 8.58. The minimum absolute atomic E-state index is 0.00575. The van der Waals surface area contributed by atoms with Gasteiger partial charge in [0, 0.05) is 0 Å². The topological polar surface area (TPSA) is 248 Å². The van der Waals surface area contributed by atoms with Crippen LogP contribution in [-0.4, -0.2) is 66.8 Å². The van der Waals surface area contributed by atoms with Crippen molar-refractivity contribution in [3.8, 4) is 5.75 Å². The van der Waals surface area contributed by atoms with Crippen molar-refractivity contribution in [2.75, 3.05) is 6.61 Å². The van der Waals surface area contributed by atoms with Crippen molar-refractivity contribution in [1.29, 1.82) is 0 Å². The first-order chi connectivity index (χ1) is 19.5. The highest BCUT2D eigenvalue weighted by Gasteiger charge is 2.46. The molecule has 41 heavy (non-hydrogen) atoms. The number of hydrogen-bond donors (Lipinski definition) is 4. The third-order valence-electron chi connectivity index (χ3n) is 5.58. The predicted molar refractivity (Wildman–Crippen MR) is 133 cm³/mol. The van der Waals surface area contributed by atoms with Gasteiger partial charge in [-0.2, -0.15) is 14.9 Å². The molecular weight excluding hydrogens is 573 g/mol. The van der Waals surface area contributed by atoms with Gasteiger partial charge in [-0.1, -0.05) is 18.2 Å². The van der Waals surface area contributed by atoms with Crippen LogP contribution in [0.15, 0.2) is 62.7 Å². The standard InChI is InChI=1S/C22H24N5O13P/c1-12(21(31)36-10-14-7-8-17(38-14)27(33)34)25-41(35,40-13-5-3-2-4-6-13)37-11-15-18(29)19(30)20(39-15)26-22(32)24-16(28)9-23-26/h2-9,12,15,18-20,29-30H,10-11H2,1H3,(H,25,35)(H,24,28,32)/t12-,15+,18?,19-,20+,41?/m0/s1. The Bertz CT molecular complexity index is 1540. The predicted octanol–water partition coefficient (Wildman–Crippen LogP) is -0.0228. The summed E-state index contributed by atoms with van der Waals surface area (Å²) in [5.74, 6) is -1.41. The summed E-state index contributed by atoms with van der Waals surface area (Å²) in [5, 5.41) is 37.6. The number of furan rings is 1. The highest BCUT2D eigenvalue weighted by atomic mass is 31.2. The number of nitrogens with zero attached hydrogens (tertiary/aromatic N) is 3. The summed E-state index contributed by atoms with van der Waals surface area (Å²) in [7, 11) is -4.43. The Morgan fingerprint density at radius 2 is 1.98 bits per heavy atom. The number of benzene rings is 1. The van der Waals surface area contributed by atoms with E-state index in [2.05, 4.69) is 10.2 Å². The fourth-order valence-electron chi connectivity index (χ4n) is 3.59. The normalized spacial score (nSPS) is 22.5. The number of carbonyl (C=O) groups is 1. The van der Waals surface area contributed by atoms with Crippen LogP contribution in [-0.2, 0) is 30.0 Å². The summed E-state index contributed by atoms with van der Waals surface area (Å²) in [6.45, 7) is 0.164. The maximum atomic E-state index is 13.7. The average molecular weight is 597 g/mol. The summed E-state index contributed by atoms with van der Waals surface area (Å²) < 4.78 is 40.7. The van der Waals surface area contributed by atoms with Crippen LogP contribution in [0.2, 0.25) is 0 Å². The highest BCUT2D eigenvalue weighted by Crippen LogP contribution is 2.46. The Morgan fingerprint density at radius 1 is 1.24 bits per heavy atom. The largest absolute Gasteiger partial charge is 0.459 e. The van der Waals surface area contributed by atoms with E-state index in [9.17, 15) is 39.3 Å². The van der Waals surface area contributed by atoms with Gasteiger partial charge in [-0.25, -0.2) is 9.36 Å². The lowest BCUT2D eigenvalue weighted by Gasteiger charge is -2.24. The zero-order valence-electron chi connectivity index (χ0n) is 21.1. The van der Waals surface area contributed by atoms with Crippen molar-refractivity contribution in [2.45, 2.75) is 44.1 Å². The fourth-order valence-corrected chi connectivity index (χ4v) is 5.10. The molecule has 220 valence electrons. The molecule has 3 aromatic rings. The summed E-state index contributed by atoms with van der Waals surface area (Å²) in [4.78, 5) is 47.8. The molecular formula is C22H24N5O13P. The van der Waals surface area contributed by atoms with Crippen molar-refractivity contribution in [1.82, 2.24) is 19.9 Å². The van der Waals surface area contributed by atoms with Gasteiger partial charge >= 0.3 is 25.3 Å². The van der Waals surface area contributed by atoms with E-state index < -0.39 is 79.6 Å². The summed E-state index contributed by atoms with van der Waals surface area (Å²) >= 11 is 0. The van der Waals surface area contributed by atoms with Gasteiger partial charge in [0.05, 0.1) is 12.7 Å². The van der Waals surface area contributed by atoms with E-state index >= 15 is 0 Å². The van der Waals surface area contributed by atoms with Crippen LogP contribution in [0.5, 0.6) is 5.75 Å². The van der Waals surface area contributed by atoms with E-state index in [0.29, 0.717) is 4.68 Å². The van der Waals surface area contributed by atoms with Gasteiger partial charge in [-0.05, 0) is 25.1 Å². The van der Waals surface area contributed by atoms with Gasteiger partial charge in [0.1, 0.15) is 53.6 Å². The molecule has 4 rings (SSSR count). The highest BCUT2D eigenvalue weighted by molar-refractivity contribution is 7.52. The SMILES string of the molecule is C[C@H](NP(=O)(OC[C@H]1O[C@@H](n2ncc(=O)[nH]c2=O)[C@@H](O)C1O)Oc1ccccc1)C(=O)OCc1ccc([N+](=O)[O-])o1. The maximum Gasteiger partial charge on any atom is 0.459 e. The molecule has 1 fully saturated rings. The number of aliphatic hydroxyl groups is 2. The van der Waals surface area contributed by atoms with Crippen LogP contribution in [0.3, 0.4) is 0 Å². The van der Waals surface area contributed by atoms with Gasteiger partial charge < -0.3 is 28.6 Å². The minimum Gasteiger partial charge on any atom is -0.456 e. The van der Waals surface area contributed by atoms with E-state index in [0.717, 1.165) is 12.3 Å². The lowest BCUT2D eigenvalue weighted by atomic mass is 10.1. The Hall–Kier alpha value is -4.19. The molecule has 1 aliphatic rings. The fraction of sp³-hybridized carbons (Fsp3) is 0.364. The van der Waals surface area contributed by atoms with Crippen LogP contribution >= 0.6 is 7.75 Å². The number of hydrogen-bond acceptors (Lipinski definition) is 14. The van der Waals surface area contributed by atoms with Crippen molar-refractivity contribution in [2.24, 2.45) is 0 Å². The van der Waals surface area contributed by atoms with Gasteiger partial charge in [0.15, 0.2) is 6.23 Å². The molecule has 0 amide bonds. The Kier molecular flexibility index (Phi) is 9.11. The number of nitrogens with one attached hydrogen (secondary N) is 2. The van der Waals surface area contributed by atoms with Gasteiger partial charge in [0.25, 0.3) is 5.56 Å². The molecule has 0 aliphatic carbocycles. The molecule has 1 aliphatic heterocycles. The monoisotopic (exact) mass is 597 g/mol. The van der Waals surface area contributed by atoms with Crippen LogP contribution in [0.4, 0.5) is 5.88 Å². The number of esters is 1. The molecule has 1 aromatic carbocycles. The Morgan fingerprint density at radius 3 is 2.63 bits per heavy atom. The first-order valence-corrected chi connectivity index (χ1v) is 13.4.